The van der Waals surface area contributed by atoms with Gasteiger partial charge in [-0.25, -0.2) is 0 Å². The monoisotopic (exact) mass is 236 g/mol. The number of hydrogen-bond acceptors (Lipinski definition) is 3. The summed E-state index contributed by atoms with van der Waals surface area (Å²) in [4.78, 5) is 4.00. The van der Waals surface area contributed by atoms with Gasteiger partial charge in [0.25, 0.3) is 0 Å². The maximum atomic E-state index is 6.11. The number of aryl methyl sites for hydroxylation is 1. The molecule has 1 atom stereocenters. The smallest absolute Gasteiger partial charge is 0.0623 e. The van der Waals surface area contributed by atoms with Crippen molar-refractivity contribution in [3.8, 4) is 0 Å². The van der Waals surface area contributed by atoms with Gasteiger partial charge in [-0.05, 0) is 57.2 Å². The van der Waals surface area contributed by atoms with Crippen LogP contribution < -0.4 is 5.73 Å². The lowest BCUT2D eigenvalue weighted by atomic mass is 9.96. The van der Waals surface area contributed by atoms with E-state index in [0.717, 1.165) is 25.7 Å². The third kappa shape index (κ3) is 5.80. The van der Waals surface area contributed by atoms with Crippen molar-refractivity contribution in [2.75, 3.05) is 7.11 Å². The highest BCUT2D eigenvalue weighted by molar-refractivity contribution is 5.09. The average Bonchev–Trinajstić information content (AvgIpc) is 2.35. The molecule has 0 saturated heterocycles. The molecular weight excluding hydrogens is 212 g/mol. The van der Waals surface area contributed by atoms with E-state index in [-0.39, 0.29) is 11.6 Å². The summed E-state index contributed by atoms with van der Waals surface area (Å²) in [6, 6.07) is 4.34. The molecule has 17 heavy (non-hydrogen) atoms. The number of nitrogens with zero attached hydrogens (tertiary/aromatic N) is 1. The second-order valence-electron chi connectivity index (χ2n) is 5.16. The van der Waals surface area contributed by atoms with Crippen LogP contribution in [0.2, 0.25) is 0 Å². The molecule has 1 rings (SSSR count). The molecular formula is C14H24N2O. The van der Waals surface area contributed by atoms with Gasteiger partial charge < -0.3 is 10.5 Å². The van der Waals surface area contributed by atoms with Gasteiger partial charge >= 0.3 is 0 Å². The Morgan fingerprint density at radius 3 is 2.53 bits per heavy atom. The first kappa shape index (κ1) is 14.1. The van der Waals surface area contributed by atoms with Gasteiger partial charge in [-0.15, -0.1) is 0 Å². The molecule has 0 aliphatic carbocycles. The number of pyridine rings is 1. The van der Waals surface area contributed by atoms with Crippen LogP contribution in [0, 0.1) is 0 Å². The number of aromatic nitrogens is 1. The number of ether oxygens (including phenoxy) is 1. The molecule has 1 heterocycles. The molecule has 96 valence electrons. The van der Waals surface area contributed by atoms with Crippen molar-refractivity contribution in [3.63, 3.8) is 0 Å². The van der Waals surface area contributed by atoms with E-state index in [4.69, 9.17) is 10.5 Å². The predicted octanol–water partition coefficient (Wildman–Crippen LogP) is 2.55. The molecule has 0 aliphatic heterocycles. The van der Waals surface area contributed by atoms with Crippen molar-refractivity contribution in [2.45, 2.75) is 51.2 Å². The Balaban J connectivity index is 2.24. The molecule has 0 bridgehead atoms. The molecule has 0 saturated carbocycles. The highest BCUT2D eigenvalue weighted by Crippen LogP contribution is 2.17. The summed E-state index contributed by atoms with van der Waals surface area (Å²) in [5.74, 6) is 0. The summed E-state index contributed by atoms with van der Waals surface area (Å²) in [7, 11) is 1.75. The third-order valence-corrected chi connectivity index (χ3v) is 3.22. The Kier molecular flexibility index (Phi) is 5.59. The summed E-state index contributed by atoms with van der Waals surface area (Å²) >= 11 is 0. The van der Waals surface area contributed by atoms with Gasteiger partial charge in [0.2, 0.25) is 0 Å². The molecule has 2 N–H and O–H groups in total. The normalized spacial score (nSPS) is 13.6. The molecule has 3 heteroatoms. The van der Waals surface area contributed by atoms with Gasteiger partial charge in [-0.2, -0.15) is 0 Å². The largest absolute Gasteiger partial charge is 0.379 e. The van der Waals surface area contributed by atoms with Gasteiger partial charge in [0.15, 0.2) is 0 Å². The Morgan fingerprint density at radius 1 is 1.29 bits per heavy atom. The zero-order chi connectivity index (χ0) is 12.7. The van der Waals surface area contributed by atoms with E-state index in [2.05, 4.69) is 18.8 Å². The molecule has 1 aromatic heterocycles. The standard InChI is InChI=1S/C14H24N2O/c1-14(2,17-3)9-6-13(15)5-4-12-7-10-16-11-8-12/h7-8,10-11,13H,4-6,9,15H2,1-3H3. The van der Waals surface area contributed by atoms with Crippen LogP contribution in [0.15, 0.2) is 24.5 Å². The number of nitrogens with two attached hydrogens (primary N) is 1. The van der Waals surface area contributed by atoms with E-state index in [1.165, 1.54) is 5.56 Å². The van der Waals surface area contributed by atoms with Crippen molar-refractivity contribution in [3.05, 3.63) is 30.1 Å². The number of hydrogen-bond donors (Lipinski definition) is 1. The molecule has 0 fully saturated rings. The van der Waals surface area contributed by atoms with Gasteiger partial charge in [-0.3, -0.25) is 4.98 Å². The molecule has 0 aromatic carbocycles. The first-order valence-electron chi connectivity index (χ1n) is 6.23. The second kappa shape index (κ2) is 6.72. The highest BCUT2D eigenvalue weighted by atomic mass is 16.5. The fourth-order valence-corrected chi connectivity index (χ4v) is 1.68. The van der Waals surface area contributed by atoms with Gasteiger partial charge in [0, 0.05) is 25.5 Å². The Morgan fingerprint density at radius 2 is 1.94 bits per heavy atom. The first-order valence-corrected chi connectivity index (χ1v) is 6.23. The van der Waals surface area contributed by atoms with E-state index in [0.29, 0.717) is 0 Å². The molecule has 1 unspecified atom stereocenters. The van der Waals surface area contributed by atoms with Gasteiger partial charge in [-0.1, -0.05) is 0 Å². The SMILES string of the molecule is COC(C)(C)CCC(N)CCc1ccncc1. The minimum atomic E-state index is -0.0612. The molecule has 3 nitrogen and oxygen atoms in total. The number of rotatable bonds is 7. The zero-order valence-corrected chi connectivity index (χ0v) is 11.1. The topological polar surface area (TPSA) is 48.1 Å². The summed E-state index contributed by atoms with van der Waals surface area (Å²) in [5.41, 5.74) is 7.36. The summed E-state index contributed by atoms with van der Waals surface area (Å²) in [6.07, 6.45) is 7.71. The van der Waals surface area contributed by atoms with E-state index < -0.39 is 0 Å². The van der Waals surface area contributed by atoms with Crippen molar-refractivity contribution < 1.29 is 4.74 Å². The Bertz CT molecular complexity index is 311. The van der Waals surface area contributed by atoms with Crippen molar-refractivity contribution in [2.24, 2.45) is 5.73 Å². The van der Waals surface area contributed by atoms with Crippen molar-refractivity contribution in [1.29, 1.82) is 0 Å². The average molecular weight is 236 g/mol. The Hall–Kier alpha value is -0.930. The zero-order valence-electron chi connectivity index (χ0n) is 11.1. The third-order valence-electron chi connectivity index (χ3n) is 3.22. The van der Waals surface area contributed by atoms with E-state index in [9.17, 15) is 0 Å². The second-order valence-corrected chi connectivity index (χ2v) is 5.16. The van der Waals surface area contributed by atoms with Crippen LogP contribution in [0.5, 0.6) is 0 Å². The lowest BCUT2D eigenvalue weighted by Crippen LogP contribution is -2.28. The molecule has 0 spiro atoms. The summed E-state index contributed by atoms with van der Waals surface area (Å²) in [5, 5.41) is 0. The lowest BCUT2D eigenvalue weighted by Gasteiger charge is -2.24. The molecule has 0 radical (unpaired) electrons. The number of methoxy groups -OCH3 is 1. The van der Waals surface area contributed by atoms with Crippen molar-refractivity contribution in [1.82, 2.24) is 4.98 Å². The van der Waals surface area contributed by atoms with Gasteiger partial charge in [0.05, 0.1) is 5.60 Å². The molecule has 0 amide bonds. The van der Waals surface area contributed by atoms with Crippen LogP contribution in [0.1, 0.15) is 38.7 Å². The fraction of sp³-hybridized carbons (Fsp3) is 0.643. The van der Waals surface area contributed by atoms with Crippen LogP contribution in [0.4, 0.5) is 0 Å². The predicted molar refractivity (Wildman–Crippen MR) is 70.9 cm³/mol. The van der Waals surface area contributed by atoms with Crippen LogP contribution in [-0.4, -0.2) is 23.7 Å². The molecule has 0 aliphatic rings. The minimum Gasteiger partial charge on any atom is -0.379 e. The fourth-order valence-electron chi connectivity index (χ4n) is 1.68. The van der Waals surface area contributed by atoms with Crippen LogP contribution in [0.25, 0.3) is 0 Å². The van der Waals surface area contributed by atoms with E-state index in [1.807, 2.05) is 24.5 Å². The Labute approximate surface area is 104 Å². The maximum absolute atomic E-state index is 6.11. The van der Waals surface area contributed by atoms with Crippen molar-refractivity contribution >= 4 is 0 Å². The summed E-state index contributed by atoms with van der Waals surface area (Å²) in [6.45, 7) is 4.20. The van der Waals surface area contributed by atoms with Gasteiger partial charge in [0.1, 0.15) is 0 Å². The van der Waals surface area contributed by atoms with Crippen LogP contribution in [0.3, 0.4) is 0 Å². The lowest BCUT2D eigenvalue weighted by molar-refractivity contribution is 0.0124. The highest BCUT2D eigenvalue weighted by Gasteiger charge is 2.17. The summed E-state index contributed by atoms with van der Waals surface area (Å²) < 4.78 is 5.39. The van der Waals surface area contributed by atoms with E-state index >= 15 is 0 Å². The maximum Gasteiger partial charge on any atom is 0.0623 e. The van der Waals surface area contributed by atoms with E-state index in [1.54, 1.807) is 7.11 Å². The first-order chi connectivity index (χ1) is 8.03. The minimum absolute atomic E-state index is 0.0612. The van der Waals surface area contributed by atoms with Crippen LogP contribution in [-0.2, 0) is 11.2 Å². The van der Waals surface area contributed by atoms with Crippen LogP contribution >= 0.6 is 0 Å². The molecule has 1 aromatic rings. The quantitative estimate of drug-likeness (QED) is 0.791.